The van der Waals surface area contributed by atoms with E-state index in [1.807, 2.05) is 17.0 Å². The maximum atomic E-state index is 14.2. The van der Waals surface area contributed by atoms with Crippen molar-refractivity contribution in [2.45, 2.75) is 70.7 Å². The molecule has 2 fully saturated rings. The molecule has 2 aromatic carbocycles. The number of hydrogen-bond acceptors (Lipinski definition) is 7. The second-order valence-electron chi connectivity index (χ2n) is 12.5. The standard InChI is InChI=1S/C32H35Cl4FN4O4S/c1-32(2,3)45-31(43)39-14-19(29(42)41(21-7-8-21)16-18-5-4-6-24(33)27(18)36)11-23-15-38-30(46-23)40-10-9-22(17-40)44-28-25(34)12-20(37)13-26(28)35/h4-6,12-13,15,19,21-22H,7-11,14,16-17H2,1-3H3,(H,39,43). The van der Waals surface area contributed by atoms with Crippen molar-refractivity contribution < 1.29 is 23.5 Å². The Balaban J connectivity index is 1.29. The number of alkyl carbamates (subject to hydrolysis) is 1. The molecule has 0 spiro atoms. The van der Waals surface area contributed by atoms with Gasteiger partial charge in [-0.05, 0) is 63.8 Å². The maximum absolute atomic E-state index is 14.2. The van der Waals surface area contributed by atoms with Crippen LogP contribution in [0.4, 0.5) is 14.3 Å². The summed E-state index contributed by atoms with van der Waals surface area (Å²) in [5, 5.41) is 4.68. The van der Waals surface area contributed by atoms with Crippen LogP contribution in [0.15, 0.2) is 36.5 Å². The minimum absolute atomic E-state index is 0.0896. The molecule has 46 heavy (non-hydrogen) atoms. The summed E-state index contributed by atoms with van der Waals surface area (Å²) in [5.74, 6) is -0.934. The number of carbonyl (C=O) groups is 2. The van der Waals surface area contributed by atoms with Crippen molar-refractivity contribution in [1.82, 2.24) is 15.2 Å². The third-order valence-corrected chi connectivity index (χ3v) is 10.0. The van der Waals surface area contributed by atoms with E-state index in [0.29, 0.717) is 42.5 Å². The average molecular weight is 733 g/mol. The number of ether oxygens (including phenoxy) is 2. The number of anilines is 1. The monoisotopic (exact) mass is 730 g/mol. The average Bonchev–Trinajstić information content (AvgIpc) is 3.51. The molecule has 0 bridgehead atoms. The molecule has 0 radical (unpaired) electrons. The largest absolute Gasteiger partial charge is 0.485 e. The fraction of sp³-hybridized carbons (Fsp3) is 0.469. The lowest BCUT2D eigenvalue weighted by molar-refractivity contribution is -0.136. The number of nitrogens with one attached hydrogen (secondary N) is 1. The number of amides is 2. The van der Waals surface area contributed by atoms with Crippen LogP contribution < -0.4 is 15.0 Å². The number of thiazole rings is 1. The Kier molecular flexibility index (Phi) is 11.1. The molecule has 2 heterocycles. The van der Waals surface area contributed by atoms with Crippen molar-refractivity contribution >= 4 is 74.9 Å². The molecule has 1 N–H and O–H groups in total. The minimum Gasteiger partial charge on any atom is -0.485 e. The van der Waals surface area contributed by atoms with Crippen LogP contribution in [0.1, 0.15) is 50.5 Å². The van der Waals surface area contributed by atoms with Gasteiger partial charge in [0.25, 0.3) is 0 Å². The molecule has 2 amide bonds. The summed E-state index contributed by atoms with van der Waals surface area (Å²) in [6.45, 7) is 6.99. The smallest absolute Gasteiger partial charge is 0.407 e. The van der Waals surface area contributed by atoms with Gasteiger partial charge in [0.1, 0.15) is 17.5 Å². The van der Waals surface area contributed by atoms with Crippen molar-refractivity contribution in [2.24, 2.45) is 5.92 Å². The first-order chi connectivity index (χ1) is 21.8. The molecule has 8 nitrogen and oxygen atoms in total. The first-order valence-electron chi connectivity index (χ1n) is 15.0. The van der Waals surface area contributed by atoms with Gasteiger partial charge in [-0.1, -0.05) is 58.5 Å². The molecule has 5 rings (SSSR count). The van der Waals surface area contributed by atoms with E-state index >= 15 is 0 Å². The van der Waals surface area contributed by atoms with Gasteiger partial charge >= 0.3 is 6.09 Å². The van der Waals surface area contributed by atoms with Crippen molar-refractivity contribution in [2.75, 3.05) is 24.5 Å². The summed E-state index contributed by atoms with van der Waals surface area (Å²) in [6, 6.07) is 7.83. The first kappa shape index (κ1) is 34.8. The summed E-state index contributed by atoms with van der Waals surface area (Å²) in [6.07, 6.45) is 3.82. The van der Waals surface area contributed by atoms with E-state index in [9.17, 15) is 14.0 Å². The Hall–Kier alpha value is -2.50. The lowest BCUT2D eigenvalue weighted by atomic mass is 10.0. The highest BCUT2D eigenvalue weighted by Gasteiger charge is 2.37. The summed E-state index contributed by atoms with van der Waals surface area (Å²) in [5.41, 5.74) is 0.0897. The van der Waals surface area contributed by atoms with E-state index in [-0.39, 0.29) is 40.4 Å². The molecule has 2 aliphatic rings. The SMILES string of the molecule is CC(C)(C)OC(=O)NCC(Cc1cnc(N2CCC(Oc3c(Cl)cc(F)cc3Cl)C2)s1)C(=O)N(Cc1cccc(Cl)c1Cl)C1CC1. The van der Waals surface area contributed by atoms with Crippen LogP contribution in [0.2, 0.25) is 20.1 Å². The second-order valence-corrected chi connectivity index (χ2v) is 15.2. The molecule has 14 heteroatoms. The molecule has 248 valence electrons. The van der Waals surface area contributed by atoms with Crippen molar-refractivity contribution in [3.8, 4) is 5.75 Å². The predicted molar refractivity (Wildman–Crippen MR) is 181 cm³/mol. The van der Waals surface area contributed by atoms with Crippen LogP contribution >= 0.6 is 57.7 Å². The first-order valence-corrected chi connectivity index (χ1v) is 17.3. The van der Waals surface area contributed by atoms with Gasteiger partial charge in [0.15, 0.2) is 10.9 Å². The van der Waals surface area contributed by atoms with Gasteiger partial charge in [0.05, 0.1) is 32.6 Å². The molecule has 1 aliphatic heterocycles. The molecule has 1 aliphatic carbocycles. The number of hydrogen-bond donors (Lipinski definition) is 1. The Morgan fingerprint density at radius 3 is 2.52 bits per heavy atom. The lowest BCUT2D eigenvalue weighted by Crippen LogP contribution is -2.44. The molecule has 1 saturated carbocycles. The number of benzene rings is 2. The molecule has 2 unspecified atom stereocenters. The Morgan fingerprint density at radius 1 is 1.13 bits per heavy atom. The van der Waals surface area contributed by atoms with Gasteiger partial charge in [-0.2, -0.15) is 0 Å². The number of carbonyl (C=O) groups excluding carboxylic acids is 2. The Bertz CT molecular complexity index is 1560. The quantitative estimate of drug-likeness (QED) is 0.213. The van der Waals surface area contributed by atoms with Crippen molar-refractivity contribution in [3.05, 3.63) is 72.9 Å². The summed E-state index contributed by atoms with van der Waals surface area (Å²) < 4.78 is 25.1. The molecule has 1 aromatic heterocycles. The zero-order valence-corrected chi connectivity index (χ0v) is 29.5. The molecule has 1 saturated heterocycles. The maximum Gasteiger partial charge on any atom is 0.407 e. The lowest BCUT2D eigenvalue weighted by Gasteiger charge is -2.28. The van der Waals surface area contributed by atoms with E-state index < -0.39 is 23.4 Å². The van der Waals surface area contributed by atoms with Gasteiger partial charge in [-0.25, -0.2) is 14.2 Å². The Morgan fingerprint density at radius 2 is 1.85 bits per heavy atom. The van der Waals surface area contributed by atoms with Crippen molar-refractivity contribution in [3.63, 3.8) is 0 Å². The molecule has 3 aromatic rings. The molecule has 2 atom stereocenters. The second kappa shape index (κ2) is 14.7. The van der Waals surface area contributed by atoms with E-state index in [1.165, 1.54) is 23.5 Å². The topological polar surface area (TPSA) is 84.0 Å². The zero-order valence-electron chi connectivity index (χ0n) is 25.6. The third-order valence-electron chi connectivity index (χ3n) is 7.54. The fourth-order valence-electron chi connectivity index (χ4n) is 5.22. The molecular weight excluding hydrogens is 697 g/mol. The Labute approximate surface area is 292 Å². The van der Waals surface area contributed by atoms with Gasteiger partial charge in [0.2, 0.25) is 5.91 Å². The number of halogens is 5. The van der Waals surface area contributed by atoms with Crippen LogP contribution in [0.3, 0.4) is 0 Å². The van der Waals surface area contributed by atoms with E-state index in [0.717, 1.165) is 28.4 Å². The van der Waals surface area contributed by atoms with Crippen LogP contribution in [0.25, 0.3) is 0 Å². The molecular formula is C32H35Cl4FN4O4S. The highest BCUT2D eigenvalue weighted by molar-refractivity contribution is 7.15. The van der Waals surface area contributed by atoms with Crippen molar-refractivity contribution in [1.29, 1.82) is 0 Å². The highest BCUT2D eigenvalue weighted by Crippen LogP contribution is 2.37. The van der Waals surface area contributed by atoms with Gasteiger partial charge in [-0.15, -0.1) is 11.3 Å². The summed E-state index contributed by atoms with van der Waals surface area (Å²) in [4.78, 5) is 36.2. The van der Waals surface area contributed by atoms with E-state index in [2.05, 4.69) is 15.2 Å². The number of aromatic nitrogens is 1. The number of nitrogens with zero attached hydrogens (tertiary/aromatic N) is 3. The van der Waals surface area contributed by atoms with Crippen LogP contribution in [-0.4, -0.2) is 59.3 Å². The summed E-state index contributed by atoms with van der Waals surface area (Å²) in [7, 11) is 0. The predicted octanol–water partition coefficient (Wildman–Crippen LogP) is 8.43. The van der Waals surface area contributed by atoms with Gasteiger partial charge < -0.3 is 24.6 Å². The highest BCUT2D eigenvalue weighted by atomic mass is 35.5. The zero-order chi connectivity index (χ0) is 33.2. The third kappa shape index (κ3) is 9.10. The summed E-state index contributed by atoms with van der Waals surface area (Å²) >= 11 is 26.6. The fourth-order valence-corrected chi connectivity index (χ4v) is 7.17. The van der Waals surface area contributed by atoms with Gasteiger partial charge in [0, 0.05) is 43.2 Å². The van der Waals surface area contributed by atoms with Crippen LogP contribution in [0.5, 0.6) is 5.75 Å². The van der Waals surface area contributed by atoms with E-state index in [1.54, 1.807) is 33.0 Å². The van der Waals surface area contributed by atoms with Crippen LogP contribution in [0, 0.1) is 11.7 Å². The normalized spacial score (nSPS) is 17.1. The van der Waals surface area contributed by atoms with E-state index in [4.69, 9.17) is 55.9 Å². The number of rotatable bonds is 11. The van der Waals surface area contributed by atoms with Crippen LogP contribution in [-0.2, 0) is 22.5 Å². The minimum atomic E-state index is -0.676. The van der Waals surface area contributed by atoms with Gasteiger partial charge in [-0.3, -0.25) is 4.79 Å².